The Morgan fingerprint density at radius 2 is 1.84 bits per heavy atom. The molecule has 0 spiro atoms. The monoisotopic (exact) mass is 447 g/mol. The van der Waals surface area contributed by atoms with Crippen molar-refractivity contribution in [1.29, 1.82) is 0 Å². The number of nitrogens with two attached hydrogens (primary N) is 1. The SMILES string of the molecule is Cc1nc(Nc2sc(-c3c(F)cc(C(C)(C)O)cc3F)cc2C(N)=O)ccc1C(C)O. The normalized spacial score (nSPS) is 12.6. The van der Waals surface area contributed by atoms with Gasteiger partial charge in [0.1, 0.15) is 22.5 Å². The molecule has 1 atom stereocenters. The molecular weight excluding hydrogens is 424 g/mol. The number of anilines is 2. The molecule has 31 heavy (non-hydrogen) atoms. The average molecular weight is 448 g/mol. The van der Waals surface area contributed by atoms with Gasteiger partial charge in [0.05, 0.1) is 22.8 Å². The Morgan fingerprint density at radius 3 is 2.32 bits per heavy atom. The van der Waals surface area contributed by atoms with Gasteiger partial charge in [0.25, 0.3) is 5.91 Å². The first-order valence-electron chi connectivity index (χ1n) is 9.47. The zero-order chi connectivity index (χ0) is 23.1. The summed E-state index contributed by atoms with van der Waals surface area (Å²) in [7, 11) is 0. The molecule has 3 aromatic rings. The molecule has 1 unspecified atom stereocenters. The summed E-state index contributed by atoms with van der Waals surface area (Å²) in [6.07, 6.45) is -0.686. The van der Waals surface area contributed by atoms with Gasteiger partial charge in [-0.3, -0.25) is 4.79 Å². The third kappa shape index (κ3) is 4.73. The number of hydrogen-bond donors (Lipinski definition) is 4. The van der Waals surface area contributed by atoms with Crippen LogP contribution in [0.25, 0.3) is 10.4 Å². The summed E-state index contributed by atoms with van der Waals surface area (Å²) >= 11 is 0.950. The Balaban J connectivity index is 2.04. The molecule has 6 nitrogen and oxygen atoms in total. The van der Waals surface area contributed by atoms with Gasteiger partial charge in [-0.05, 0) is 57.5 Å². The van der Waals surface area contributed by atoms with Crippen LogP contribution >= 0.6 is 11.3 Å². The van der Waals surface area contributed by atoms with Crippen molar-refractivity contribution in [3.63, 3.8) is 0 Å². The Bertz CT molecular complexity index is 1130. The summed E-state index contributed by atoms with van der Waals surface area (Å²) < 4.78 is 29.5. The molecule has 0 fully saturated rings. The largest absolute Gasteiger partial charge is 0.389 e. The van der Waals surface area contributed by atoms with E-state index in [0.717, 1.165) is 23.5 Å². The molecule has 0 aliphatic rings. The number of carbonyl (C=O) groups is 1. The molecule has 0 saturated heterocycles. The van der Waals surface area contributed by atoms with Crippen molar-refractivity contribution < 1.29 is 23.8 Å². The van der Waals surface area contributed by atoms with E-state index in [1.54, 1.807) is 26.0 Å². The number of aliphatic hydroxyl groups is 2. The van der Waals surface area contributed by atoms with E-state index in [2.05, 4.69) is 10.3 Å². The lowest BCUT2D eigenvalue weighted by molar-refractivity contribution is 0.0778. The highest BCUT2D eigenvalue weighted by molar-refractivity contribution is 7.20. The minimum atomic E-state index is -1.41. The molecule has 0 saturated carbocycles. The van der Waals surface area contributed by atoms with Gasteiger partial charge >= 0.3 is 0 Å². The van der Waals surface area contributed by atoms with Crippen molar-refractivity contribution >= 4 is 28.1 Å². The summed E-state index contributed by atoms with van der Waals surface area (Å²) in [6.45, 7) is 6.21. The average Bonchev–Trinajstić information content (AvgIpc) is 3.03. The maximum atomic E-state index is 14.8. The smallest absolute Gasteiger partial charge is 0.251 e. The number of halogens is 2. The molecular formula is C22H23F2N3O3S. The number of nitrogens with one attached hydrogen (secondary N) is 1. The fourth-order valence-electron chi connectivity index (χ4n) is 3.15. The van der Waals surface area contributed by atoms with Gasteiger partial charge in [-0.15, -0.1) is 11.3 Å². The van der Waals surface area contributed by atoms with Gasteiger partial charge in [-0.2, -0.15) is 0 Å². The van der Waals surface area contributed by atoms with Gasteiger partial charge in [-0.1, -0.05) is 6.07 Å². The lowest BCUT2D eigenvalue weighted by Crippen LogP contribution is -2.16. The lowest BCUT2D eigenvalue weighted by Gasteiger charge is -2.18. The minimum absolute atomic E-state index is 0.0596. The Labute approximate surface area is 182 Å². The first kappa shape index (κ1) is 22.8. The highest BCUT2D eigenvalue weighted by atomic mass is 32.1. The molecule has 2 aromatic heterocycles. The summed E-state index contributed by atoms with van der Waals surface area (Å²) in [5.74, 6) is -2.11. The van der Waals surface area contributed by atoms with Crippen LogP contribution in [-0.2, 0) is 5.60 Å². The Hall–Kier alpha value is -2.88. The predicted octanol–water partition coefficient (Wildman–Crippen LogP) is 4.52. The van der Waals surface area contributed by atoms with Gasteiger partial charge in [0.2, 0.25) is 0 Å². The molecule has 0 bridgehead atoms. The standard InChI is InChI=1S/C22H23F2N3O3S/c1-10-13(11(2)28)5-6-18(26-10)27-21-14(20(25)29)9-17(31-21)19-15(23)7-12(8-16(19)24)22(3,4)30/h5-9,11,28,30H,1-4H3,(H2,25,29)(H,26,27). The van der Waals surface area contributed by atoms with Gasteiger partial charge < -0.3 is 21.3 Å². The van der Waals surface area contributed by atoms with Crippen LogP contribution < -0.4 is 11.1 Å². The van der Waals surface area contributed by atoms with E-state index in [1.165, 1.54) is 19.9 Å². The molecule has 2 heterocycles. The quantitative estimate of drug-likeness (QED) is 0.444. The third-order valence-electron chi connectivity index (χ3n) is 4.81. The number of amides is 1. The van der Waals surface area contributed by atoms with Crippen LogP contribution in [-0.4, -0.2) is 21.1 Å². The number of benzene rings is 1. The van der Waals surface area contributed by atoms with Crippen LogP contribution in [0.4, 0.5) is 19.6 Å². The van der Waals surface area contributed by atoms with Gasteiger partial charge in [0.15, 0.2) is 0 Å². The second-order valence-electron chi connectivity index (χ2n) is 7.76. The first-order chi connectivity index (χ1) is 14.4. The number of thiophene rings is 1. The van der Waals surface area contributed by atoms with E-state index < -0.39 is 29.2 Å². The zero-order valence-electron chi connectivity index (χ0n) is 17.5. The lowest BCUT2D eigenvalue weighted by atomic mass is 9.96. The number of pyridine rings is 1. The first-order valence-corrected chi connectivity index (χ1v) is 10.3. The second kappa shape index (κ2) is 8.33. The molecule has 1 aromatic carbocycles. The summed E-state index contributed by atoms with van der Waals surface area (Å²) in [5, 5.41) is 23.0. The molecule has 0 radical (unpaired) electrons. The van der Waals surface area contributed by atoms with Crippen molar-refractivity contribution in [2.24, 2.45) is 5.73 Å². The molecule has 164 valence electrons. The summed E-state index contributed by atoms with van der Waals surface area (Å²) in [4.78, 5) is 16.4. The van der Waals surface area contributed by atoms with Crippen LogP contribution in [0.5, 0.6) is 0 Å². The number of primary amides is 1. The maximum Gasteiger partial charge on any atom is 0.251 e. The van der Waals surface area contributed by atoms with E-state index in [0.29, 0.717) is 17.1 Å². The number of hydrogen-bond acceptors (Lipinski definition) is 6. The zero-order valence-corrected chi connectivity index (χ0v) is 18.3. The molecule has 1 amide bonds. The van der Waals surface area contributed by atoms with Crippen molar-refractivity contribution in [3.8, 4) is 10.4 Å². The van der Waals surface area contributed by atoms with E-state index in [1.807, 2.05) is 0 Å². The number of carbonyl (C=O) groups excluding carboxylic acids is 1. The van der Waals surface area contributed by atoms with Crippen molar-refractivity contribution in [2.45, 2.75) is 39.4 Å². The predicted molar refractivity (Wildman–Crippen MR) is 116 cm³/mol. The highest BCUT2D eigenvalue weighted by Crippen LogP contribution is 2.40. The van der Waals surface area contributed by atoms with Gasteiger partial charge in [-0.25, -0.2) is 13.8 Å². The van der Waals surface area contributed by atoms with E-state index in [-0.39, 0.29) is 26.6 Å². The number of aryl methyl sites for hydroxylation is 1. The highest BCUT2D eigenvalue weighted by Gasteiger charge is 2.24. The molecule has 3 rings (SSSR count). The van der Waals surface area contributed by atoms with E-state index in [4.69, 9.17) is 5.73 Å². The van der Waals surface area contributed by atoms with Crippen molar-refractivity contribution in [3.05, 3.63) is 64.4 Å². The summed E-state index contributed by atoms with van der Waals surface area (Å²) in [5.41, 5.74) is 5.13. The topological polar surface area (TPSA) is 108 Å². The Kier molecular flexibility index (Phi) is 6.13. The fraction of sp³-hybridized carbons (Fsp3) is 0.273. The van der Waals surface area contributed by atoms with Gasteiger partial charge in [0, 0.05) is 16.1 Å². The molecule has 0 aliphatic carbocycles. The van der Waals surface area contributed by atoms with Crippen LogP contribution in [0, 0.1) is 18.6 Å². The number of rotatable bonds is 6. The second-order valence-corrected chi connectivity index (χ2v) is 8.82. The molecule has 0 aliphatic heterocycles. The van der Waals surface area contributed by atoms with Crippen LogP contribution in [0.3, 0.4) is 0 Å². The van der Waals surface area contributed by atoms with E-state index >= 15 is 0 Å². The van der Waals surface area contributed by atoms with Crippen LogP contribution in [0.1, 0.15) is 54.1 Å². The van der Waals surface area contributed by atoms with Crippen molar-refractivity contribution in [2.75, 3.05) is 5.32 Å². The molecule has 9 heteroatoms. The van der Waals surface area contributed by atoms with E-state index in [9.17, 15) is 23.8 Å². The maximum absolute atomic E-state index is 14.8. The van der Waals surface area contributed by atoms with Crippen LogP contribution in [0.2, 0.25) is 0 Å². The number of nitrogens with zero attached hydrogens (tertiary/aromatic N) is 1. The summed E-state index contributed by atoms with van der Waals surface area (Å²) in [6, 6.07) is 6.77. The number of aliphatic hydroxyl groups excluding tert-OH is 1. The third-order valence-corrected chi connectivity index (χ3v) is 5.88. The van der Waals surface area contributed by atoms with Crippen molar-refractivity contribution in [1.82, 2.24) is 4.98 Å². The molecule has 5 N–H and O–H groups in total. The number of aromatic nitrogens is 1. The Morgan fingerprint density at radius 1 is 1.23 bits per heavy atom. The van der Waals surface area contributed by atoms with Crippen LogP contribution in [0.15, 0.2) is 30.3 Å². The fourth-order valence-corrected chi connectivity index (χ4v) is 4.27. The minimum Gasteiger partial charge on any atom is -0.389 e.